The van der Waals surface area contributed by atoms with Gasteiger partial charge in [0.05, 0.1) is 6.33 Å². The highest BCUT2D eigenvalue weighted by Crippen LogP contribution is 2.24. The van der Waals surface area contributed by atoms with E-state index in [-0.39, 0.29) is 11.7 Å². The lowest BCUT2D eigenvalue weighted by Gasteiger charge is -2.04. The van der Waals surface area contributed by atoms with Crippen molar-refractivity contribution in [3.05, 3.63) is 23.6 Å². The molecule has 4 N–H and O–H groups in total. The van der Waals surface area contributed by atoms with Gasteiger partial charge in [0.2, 0.25) is 0 Å². The molecule has 0 aliphatic rings. The first-order valence-corrected chi connectivity index (χ1v) is 7.26. The molecule has 2 heterocycles. The number of carbonyl (C=O) groups is 1. The average Bonchev–Trinajstić information content (AvgIpc) is 3.05. The quantitative estimate of drug-likeness (QED) is 0.666. The minimum atomic E-state index is -0.171. The molecule has 0 atom stereocenters. The third kappa shape index (κ3) is 3.70. The Labute approximate surface area is 121 Å². The molecule has 1 amide bonds. The summed E-state index contributed by atoms with van der Waals surface area (Å²) < 4.78 is 1.97. The van der Waals surface area contributed by atoms with Crippen molar-refractivity contribution >= 4 is 28.2 Å². The van der Waals surface area contributed by atoms with Crippen molar-refractivity contribution in [3.63, 3.8) is 0 Å². The minimum Gasteiger partial charge on any atom is -0.382 e. The Balaban J connectivity index is 1.79. The van der Waals surface area contributed by atoms with E-state index in [1.54, 1.807) is 12.5 Å². The summed E-state index contributed by atoms with van der Waals surface area (Å²) in [5, 5.41) is 6.57. The number of nitrogen functional groups attached to an aromatic ring is 1. The molecule has 108 valence electrons. The predicted molar refractivity (Wildman–Crippen MR) is 79.9 cm³/mol. The zero-order valence-electron chi connectivity index (χ0n) is 11.3. The van der Waals surface area contributed by atoms with Crippen molar-refractivity contribution in [2.75, 3.05) is 24.1 Å². The molecule has 0 fully saturated rings. The van der Waals surface area contributed by atoms with Gasteiger partial charge in [-0.2, -0.15) is 0 Å². The monoisotopic (exact) mass is 294 g/mol. The van der Waals surface area contributed by atoms with Crippen LogP contribution in [-0.4, -0.2) is 33.5 Å². The summed E-state index contributed by atoms with van der Waals surface area (Å²) in [6.45, 7) is 4.12. The van der Waals surface area contributed by atoms with Crippen LogP contribution in [0.25, 0.3) is 0 Å². The maximum Gasteiger partial charge on any atom is 0.265 e. The van der Waals surface area contributed by atoms with E-state index < -0.39 is 0 Å². The standard InChI is InChI=1S/C12H18N6OS/c1-2-15-12-17-10(13)9(20-12)11(19)16-4-3-6-18-7-5-14-8-18/h5,7-8H,2-4,6,13H2,1H3,(H,15,17)(H,16,19). The lowest BCUT2D eigenvalue weighted by molar-refractivity contribution is 0.0957. The van der Waals surface area contributed by atoms with Gasteiger partial charge in [0.1, 0.15) is 10.7 Å². The van der Waals surface area contributed by atoms with E-state index in [4.69, 9.17) is 5.73 Å². The zero-order valence-corrected chi connectivity index (χ0v) is 12.1. The molecule has 0 unspecified atom stereocenters. The van der Waals surface area contributed by atoms with E-state index in [2.05, 4.69) is 20.6 Å². The molecule has 8 heteroatoms. The van der Waals surface area contributed by atoms with Crippen molar-refractivity contribution in [1.82, 2.24) is 19.9 Å². The number of carbonyl (C=O) groups excluding carboxylic acids is 1. The van der Waals surface area contributed by atoms with Crippen LogP contribution < -0.4 is 16.4 Å². The van der Waals surface area contributed by atoms with Gasteiger partial charge in [-0.3, -0.25) is 4.79 Å². The number of thiazole rings is 1. The first kappa shape index (κ1) is 14.3. The molecule has 0 saturated heterocycles. The van der Waals surface area contributed by atoms with Crippen LogP contribution >= 0.6 is 11.3 Å². The fourth-order valence-corrected chi connectivity index (χ4v) is 2.55. The molecular formula is C12H18N6OS. The molecule has 0 saturated carbocycles. The number of nitrogens with zero attached hydrogens (tertiary/aromatic N) is 3. The molecule has 0 spiro atoms. The second-order valence-electron chi connectivity index (χ2n) is 4.17. The van der Waals surface area contributed by atoms with Crippen LogP contribution in [0.1, 0.15) is 23.0 Å². The number of amides is 1. The van der Waals surface area contributed by atoms with Crippen molar-refractivity contribution < 1.29 is 4.79 Å². The molecule has 2 aromatic heterocycles. The average molecular weight is 294 g/mol. The van der Waals surface area contributed by atoms with Crippen LogP contribution in [-0.2, 0) is 6.54 Å². The second kappa shape index (κ2) is 6.90. The lowest BCUT2D eigenvalue weighted by Crippen LogP contribution is -2.25. The van der Waals surface area contributed by atoms with Gasteiger partial charge in [0.15, 0.2) is 5.13 Å². The molecule has 0 aromatic carbocycles. The van der Waals surface area contributed by atoms with Gasteiger partial charge >= 0.3 is 0 Å². The third-order valence-corrected chi connectivity index (χ3v) is 3.65. The summed E-state index contributed by atoms with van der Waals surface area (Å²) in [5.74, 6) is 0.104. The fourth-order valence-electron chi connectivity index (χ4n) is 1.68. The van der Waals surface area contributed by atoms with E-state index in [0.717, 1.165) is 19.5 Å². The molecule has 2 rings (SSSR count). The summed E-state index contributed by atoms with van der Waals surface area (Å²) in [7, 11) is 0. The van der Waals surface area contributed by atoms with E-state index >= 15 is 0 Å². The number of rotatable bonds is 7. The third-order valence-electron chi connectivity index (χ3n) is 2.63. The Kier molecular flexibility index (Phi) is 4.94. The van der Waals surface area contributed by atoms with Gasteiger partial charge in [-0.1, -0.05) is 11.3 Å². The Morgan fingerprint density at radius 1 is 1.55 bits per heavy atom. The maximum atomic E-state index is 12.0. The number of aromatic nitrogens is 3. The molecular weight excluding hydrogens is 276 g/mol. The minimum absolute atomic E-state index is 0.171. The van der Waals surface area contributed by atoms with Crippen LogP contribution in [0.3, 0.4) is 0 Å². The van der Waals surface area contributed by atoms with Gasteiger partial charge in [0.25, 0.3) is 5.91 Å². The predicted octanol–water partition coefficient (Wildman–Crippen LogP) is 1.17. The van der Waals surface area contributed by atoms with Crippen molar-refractivity contribution in [3.8, 4) is 0 Å². The van der Waals surface area contributed by atoms with E-state index in [0.29, 0.717) is 16.6 Å². The van der Waals surface area contributed by atoms with Crippen LogP contribution in [0.15, 0.2) is 18.7 Å². The summed E-state index contributed by atoms with van der Waals surface area (Å²) in [5.41, 5.74) is 5.74. The van der Waals surface area contributed by atoms with Crippen molar-refractivity contribution in [2.45, 2.75) is 19.9 Å². The van der Waals surface area contributed by atoms with Gasteiger partial charge in [-0.25, -0.2) is 9.97 Å². The number of hydrogen-bond donors (Lipinski definition) is 3. The van der Waals surface area contributed by atoms with E-state index in [9.17, 15) is 4.79 Å². The Morgan fingerprint density at radius 3 is 3.10 bits per heavy atom. The smallest absolute Gasteiger partial charge is 0.265 e. The van der Waals surface area contributed by atoms with Crippen molar-refractivity contribution in [1.29, 1.82) is 0 Å². The number of nitrogens with two attached hydrogens (primary N) is 1. The molecule has 7 nitrogen and oxygen atoms in total. The van der Waals surface area contributed by atoms with Crippen LogP contribution in [0, 0.1) is 0 Å². The normalized spacial score (nSPS) is 10.4. The van der Waals surface area contributed by atoms with Crippen LogP contribution in [0.2, 0.25) is 0 Å². The Bertz CT molecular complexity index is 550. The summed E-state index contributed by atoms with van der Waals surface area (Å²) in [6, 6.07) is 0. The highest BCUT2D eigenvalue weighted by Gasteiger charge is 2.15. The first-order valence-electron chi connectivity index (χ1n) is 6.44. The summed E-state index contributed by atoms with van der Waals surface area (Å²) >= 11 is 1.27. The van der Waals surface area contributed by atoms with Gasteiger partial charge in [0, 0.05) is 32.0 Å². The number of hydrogen-bond acceptors (Lipinski definition) is 6. The van der Waals surface area contributed by atoms with E-state index in [1.807, 2.05) is 17.7 Å². The van der Waals surface area contributed by atoms with Gasteiger partial charge in [-0.05, 0) is 13.3 Å². The lowest BCUT2D eigenvalue weighted by atomic mass is 10.4. The van der Waals surface area contributed by atoms with Gasteiger partial charge < -0.3 is 20.9 Å². The van der Waals surface area contributed by atoms with Crippen LogP contribution in [0.4, 0.5) is 10.9 Å². The fraction of sp³-hybridized carbons (Fsp3) is 0.417. The highest BCUT2D eigenvalue weighted by molar-refractivity contribution is 7.18. The topological polar surface area (TPSA) is 97.9 Å². The molecule has 2 aromatic rings. The second-order valence-corrected chi connectivity index (χ2v) is 5.17. The number of anilines is 2. The summed E-state index contributed by atoms with van der Waals surface area (Å²) in [6.07, 6.45) is 6.22. The number of imidazole rings is 1. The Hall–Kier alpha value is -2.09. The van der Waals surface area contributed by atoms with Crippen LogP contribution in [0.5, 0.6) is 0 Å². The van der Waals surface area contributed by atoms with Gasteiger partial charge in [-0.15, -0.1) is 0 Å². The molecule has 0 radical (unpaired) electrons. The number of aryl methyl sites for hydroxylation is 1. The zero-order chi connectivity index (χ0) is 14.4. The first-order chi connectivity index (χ1) is 9.70. The molecule has 0 aliphatic carbocycles. The Morgan fingerprint density at radius 2 is 2.40 bits per heavy atom. The molecule has 0 aliphatic heterocycles. The number of nitrogens with one attached hydrogen (secondary N) is 2. The van der Waals surface area contributed by atoms with Crippen molar-refractivity contribution in [2.24, 2.45) is 0 Å². The molecule has 0 bridgehead atoms. The molecule has 20 heavy (non-hydrogen) atoms. The largest absolute Gasteiger partial charge is 0.382 e. The maximum absolute atomic E-state index is 12.0. The summed E-state index contributed by atoms with van der Waals surface area (Å²) in [4.78, 5) is 20.5. The van der Waals surface area contributed by atoms with E-state index in [1.165, 1.54) is 11.3 Å². The SMILES string of the molecule is CCNc1nc(N)c(C(=O)NCCCn2ccnc2)s1. The highest BCUT2D eigenvalue weighted by atomic mass is 32.1.